The van der Waals surface area contributed by atoms with Gasteiger partial charge < -0.3 is 0 Å². The summed E-state index contributed by atoms with van der Waals surface area (Å²) in [6.45, 7) is 5.47. The van der Waals surface area contributed by atoms with Crippen molar-refractivity contribution >= 4 is 16.1 Å². The Morgan fingerprint density at radius 1 is 1.71 bits per heavy atom. The van der Waals surface area contributed by atoms with Crippen LogP contribution in [-0.4, -0.2) is 6.54 Å². The number of hydrogen-bond acceptors (Lipinski definition) is 1. The van der Waals surface area contributed by atoms with E-state index in [9.17, 15) is 0 Å². The van der Waals surface area contributed by atoms with Gasteiger partial charge in [0.15, 0.2) is 0 Å². The minimum Gasteiger partial charge on any atom is -0.256 e. The molecule has 0 aromatic heterocycles. The molecule has 44 valence electrons. The van der Waals surface area contributed by atoms with Crippen molar-refractivity contribution in [2.24, 2.45) is 5.92 Å². The summed E-state index contributed by atoms with van der Waals surface area (Å²) >= 11 is 3.14. The molecule has 0 bridgehead atoms. The van der Waals surface area contributed by atoms with Gasteiger partial charge in [-0.2, -0.15) is 0 Å². The van der Waals surface area contributed by atoms with E-state index >= 15 is 0 Å². The third-order valence-corrected chi connectivity index (χ3v) is 1.45. The van der Waals surface area contributed by atoms with Gasteiger partial charge in [-0.05, 0) is 5.92 Å². The molecule has 0 aromatic carbocycles. The molecule has 0 heterocycles. The van der Waals surface area contributed by atoms with Crippen molar-refractivity contribution in [1.29, 1.82) is 0 Å². The fourth-order valence-corrected chi connectivity index (χ4v) is 0.829. The quantitative estimate of drug-likeness (QED) is 0.631. The average molecular weight is 166 g/mol. The zero-order valence-electron chi connectivity index (χ0n) is 4.87. The Kier molecular flexibility index (Phi) is 4.88. The molecular formula is C5H12BrN. The molecule has 0 aliphatic heterocycles. The molecule has 2 heteroatoms. The van der Waals surface area contributed by atoms with Crippen LogP contribution in [0.2, 0.25) is 0 Å². The van der Waals surface area contributed by atoms with Crippen LogP contribution in [0.1, 0.15) is 20.3 Å². The van der Waals surface area contributed by atoms with E-state index in [1.165, 1.54) is 6.42 Å². The largest absolute Gasteiger partial charge is 0.256 e. The normalized spacial score (nSPS) is 14.1. The molecule has 0 fully saturated rings. The Balaban J connectivity index is 2.83. The van der Waals surface area contributed by atoms with E-state index in [1.807, 2.05) is 0 Å². The van der Waals surface area contributed by atoms with Crippen LogP contribution in [0.4, 0.5) is 0 Å². The van der Waals surface area contributed by atoms with Crippen LogP contribution in [0.5, 0.6) is 0 Å². The summed E-state index contributed by atoms with van der Waals surface area (Å²) in [6.07, 6.45) is 1.25. The average Bonchev–Trinajstić information content (AvgIpc) is 1.68. The van der Waals surface area contributed by atoms with Gasteiger partial charge in [0.2, 0.25) is 0 Å². The minimum absolute atomic E-state index is 0.791. The molecule has 0 saturated heterocycles. The van der Waals surface area contributed by atoms with E-state index in [-0.39, 0.29) is 0 Å². The van der Waals surface area contributed by atoms with E-state index < -0.39 is 0 Å². The van der Waals surface area contributed by atoms with Gasteiger partial charge in [0.1, 0.15) is 0 Å². The fourth-order valence-electron chi connectivity index (χ4n) is 0.276. The summed E-state index contributed by atoms with van der Waals surface area (Å²) < 4.78 is 2.93. The van der Waals surface area contributed by atoms with E-state index in [2.05, 4.69) is 34.3 Å². The van der Waals surface area contributed by atoms with Gasteiger partial charge in [0, 0.05) is 22.7 Å². The molecule has 0 aliphatic rings. The summed E-state index contributed by atoms with van der Waals surface area (Å²) in [7, 11) is 0. The lowest BCUT2D eigenvalue weighted by atomic mass is 10.1. The highest BCUT2D eigenvalue weighted by atomic mass is 79.9. The second kappa shape index (κ2) is 4.60. The molecule has 1 atom stereocenters. The number of nitrogens with one attached hydrogen (secondary N) is 1. The maximum atomic E-state index is 3.14. The van der Waals surface area contributed by atoms with Crippen molar-refractivity contribution in [2.75, 3.05) is 6.54 Å². The van der Waals surface area contributed by atoms with Gasteiger partial charge in [-0.3, -0.25) is 4.34 Å². The van der Waals surface area contributed by atoms with Crippen molar-refractivity contribution in [2.45, 2.75) is 20.3 Å². The predicted molar refractivity (Wildman–Crippen MR) is 36.4 cm³/mol. The molecule has 1 unspecified atom stereocenters. The predicted octanol–water partition coefficient (Wildman–Crippen LogP) is 1.93. The molecule has 0 aliphatic carbocycles. The topological polar surface area (TPSA) is 12.0 Å². The zero-order chi connectivity index (χ0) is 5.70. The molecular weight excluding hydrogens is 154 g/mol. The third-order valence-electron chi connectivity index (χ3n) is 1.12. The second-order valence-electron chi connectivity index (χ2n) is 1.85. The first-order valence-electron chi connectivity index (χ1n) is 2.64. The lowest BCUT2D eigenvalue weighted by Crippen LogP contribution is -2.09. The molecule has 0 aromatic rings. The first-order valence-corrected chi connectivity index (χ1v) is 3.44. The summed E-state index contributed by atoms with van der Waals surface area (Å²) in [5.74, 6) is 0.791. The fraction of sp³-hybridized carbons (Fsp3) is 1.00. The minimum atomic E-state index is 0.791. The van der Waals surface area contributed by atoms with Crippen LogP contribution >= 0.6 is 16.1 Å². The van der Waals surface area contributed by atoms with Crippen molar-refractivity contribution in [1.82, 2.24) is 4.34 Å². The van der Waals surface area contributed by atoms with Crippen LogP contribution in [-0.2, 0) is 0 Å². The molecule has 0 amide bonds. The van der Waals surface area contributed by atoms with Crippen molar-refractivity contribution in [3.05, 3.63) is 0 Å². The van der Waals surface area contributed by atoms with Crippen molar-refractivity contribution in [3.8, 4) is 0 Å². The van der Waals surface area contributed by atoms with Crippen LogP contribution in [0, 0.1) is 5.92 Å². The first-order chi connectivity index (χ1) is 3.31. The summed E-state index contributed by atoms with van der Waals surface area (Å²) in [5, 5.41) is 0. The molecule has 1 N–H and O–H groups in total. The number of rotatable bonds is 3. The summed E-state index contributed by atoms with van der Waals surface area (Å²) in [4.78, 5) is 0. The first kappa shape index (κ1) is 7.44. The van der Waals surface area contributed by atoms with Gasteiger partial charge in [-0.15, -0.1) is 0 Å². The Hall–Kier alpha value is 0.440. The molecule has 0 rings (SSSR count). The van der Waals surface area contributed by atoms with Gasteiger partial charge in [-0.1, -0.05) is 20.3 Å². The Bertz CT molecular complexity index is 39.1. The summed E-state index contributed by atoms with van der Waals surface area (Å²) in [5.41, 5.74) is 0. The third kappa shape index (κ3) is 4.29. The molecule has 0 spiro atoms. The molecule has 0 radical (unpaired) electrons. The lowest BCUT2D eigenvalue weighted by molar-refractivity contribution is 0.562. The Morgan fingerprint density at radius 2 is 2.29 bits per heavy atom. The molecule has 0 saturated carbocycles. The maximum Gasteiger partial charge on any atom is 0.00876 e. The van der Waals surface area contributed by atoms with Gasteiger partial charge in [-0.25, -0.2) is 0 Å². The lowest BCUT2D eigenvalue weighted by Gasteiger charge is -2.02. The van der Waals surface area contributed by atoms with Crippen LogP contribution < -0.4 is 4.34 Å². The summed E-state index contributed by atoms with van der Waals surface area (Å²) in [6, 6.07) is 0. The highest BCUT2D eigenvalue weighted by Gasteiger charge is 1.92. The Morgan fingerprint density at radius 3 is 2.43 bits per heavy atom. The highest BCUT2D eigenvalue weighted by molar-refractivity contribution is 9.08. The number of halogens is 1. The van der Waals surface area contributed by atoms with Crippen LogP contribution in [0.25, 0.3) is 0 Å². The highest BCUT2D eigenvalue weighted by Crippen LogP contribution is 1.97. The second-order valence-corrected chi connectivity index (χ2v) is 2.41. The van der Waals surface area contributed by atoms with E-state index in [0.29, 0.717) is 0 Å². The van der Waals surface area contributed by atoms with Gasteiger partial charge in [0.25, 0.3) is 0 Å². The Labute approximate surface area is 53.8 Å². The smallest absolute Gasteiger partial charge is 0.00876 e. The van der Waals surface area contributed by atoms with Gasteiger partial charge >= 0.3 is 0 Å². The van der Waals surface area contributed by atoms with Crippen LogP contribution in [0.3, 0.4) is 0 Å². The van der Waals surface area contributed by atoms with Gasteiger partial charge in [0.05, 0.1) is 0 Å². The number of hydrogen-bond donors (Lipinski definition) is 1. The zero-order valence-corrected chi connectivity index (χ0v) is 6.46. The standard InChI is InChI=1S/C5H12BrN/c1-3-5(2)4-7-6/h5,7H,3-4H2,1-2H3. The van der Waals surface area contributed by atoms with Crippen molar-refractivity contribution in [3.63, 3.8) is 0 Å². The maximum absolute atomic E-state index is 3.14. The molecule has 1 nitrogen and oxygen atoms in total. The monoisotopic (exact) mass is 165 g/mol. The van der Waals surface area contributed by atoms with Crippen molar-refractivity contribution < 1.29 is 0 Å². The van der Waals surface area contributed by atoms with E-state index in [1.54, 1.807) is 0 Å². The SMILES string of the molecule is CCC(C)CNBr. The molecule has 7 heavy (non-hydrogen) atoms. The van der Waals surface area contributed by atoms with E-state index in [4.69, 9.17) is 0 Å². The van der Waals surface area contributed by atoms with E-state index in [0.717, 1.165) is 12.5 Å². The van der Waals surface area contributed by atoms with Crippen LogP contribution in [0.15, 0.2) is 0 Å².